The monoisotopic (exact) mass is 322 g/mol. The van der Waals surface area contributed by atoms with E-state index in [2.05, 4.69) is 19.2 Å². The number of nitrogens with zero attached hydrogens (tertiary/aromatic N) is 1. The van der Waals surface area contributed by atoms with E-state index in [1.165, 1.54) is 5.56 Å². The second-order valence-corrected chi connectivity index (χ2v) is 6.43. The Hall–Kier alpha value is -2.62. The van der Waals surface area contributed by atoms with Gasteiger partial charge in [0, 0.05) is 17.9 Å². The molecular weight excluding hydrogens is 300 g/mol. The molecule has 0 radical (unpaired) electrons. The molecule has 3 rings (SSSR count). The maximum absolute atomic E-state index is 12.6. The molecule has 0 saturated carbocycles. The Balaban J connectivity index is 1.69. The molecule has 1 N–H and O–H groups in total. The second kappa shape index (κ2) is 6.87. The van der Waals surface area contributed by atoms with Crippen molar-refractivity contribution in [2.75, 3.05) is 16.8 Å². The number of anilines is 2. The summed E-state index contributed by atoms with van der Waals surface area (Å²) in [6, 6.07) is 17.3. The highest BCUT2D eigenvalue weighted by atomic mass is 16.2. The van der Waals surface area contributed by atoms with E-state index in [-0.39, 0.29) is 11.8 Å². The zero-order chi connectivity index (χ0) is 17.1. The Labute approximate surface area is 142 Å². The Kier molecular flexibility index (Phi) is 4.65. The third-order valence-electron chi connectivity index (χ3n) is 4.43. The predicted octanol–water partition coefficient (Wildman–Crippen LogP) is 3.80. The van der Waals surface area contributed by atoms with Crippen molar-refractivity contribution in [2.24, 2.45) is 5.92 Å². The molecule has 124 valence electrons. The van der Waals surface area contributed by atoms with Crippen LogP contribution in [0.15, 0.2) is 54.6 Å². The largest absolute Gasteiger partial charge is 0.325 e. The van der Waals surface area contributed by atoms with Gasteiger partial charge in [-0.15, -0.1) is 0 Å². The van der Waals surface area contributed by atoms with Gasteiger partial charge in [0.25, 0.3) is 0 Å². The molecule has 1 saturated heterocycles. The van der Waals surface area contributed by atoms with E-state index in [1.54, 1.807) is 4.90 Å². The average molecular weight is 322 g/mol. The molecule has 1 unspecified atom stereocenters. The summed E-state index contributed by atoms with van der Waals surface area (Å²) in [7, 11) is 0. The molecule has 0 bridgehead atoms. The van der Waals surface area contributed by atoms with Gasteiger partial charge in [0.05, 0.1) is 0 Å². The summed E-state index contributed by atoms with van der Waals surface area (Å²) in [4.78, 5) is 26.7. The van der Waals surface area contributed by atoms with Gasteiger partial charge in [-0.25, -0.2) is 0 Å². The van der Waals surface area contributed by atoms with E-state index < -0.39 is 5.92 Å². The number of benzene rings is 2. The second-order valence-electron chi connectivity index (χ2n) is 6.43. The molecule has 1 fully saturated rings. The van der Waals surface area contributed by atoms with E-state index in [0.29, 0.717) is 18.9 Å². The zero-order valence-electron chi connectivity index (χ0n) is 14.0. The number of hydrogen-bond acceptors (Lipinski definition) is 2. The molecule has 4 nitrogen and oxygen atoms in total. The number of carbonyl (C=O) groups excluding carboxylic acids is 2. The third kappa shape index (κ3) is 3.32. The summed E-state index contributed by atoms with van der Waals surface area (Å²) in [6.07, 6.45) is 0.545. The first kappa shape index (κ1) is 16.2. The van der Waals surface area contributed by atoms with Crippen molar-refractivity contribution >= 4 is 23.2 Å². The van der Waals surface area contributed by atoms with Crippen LogP contribution in [0.3, 0.4) is 0 Å². The molecule has 1 atom stereocenters. The van der Waals surface area contributed by atoms with E-state index in [1.807, 2.05) is 54.6 Å². The first-order chi connectivity index (χ1) is 11.6. The van der Waals surface area contributed by atoms with Crippen LogP contribution in [0.5, 0.6) is 0 Å². The highest BCUT2D eigenvalue weighted by Crippen LogP contribution is 2.27. The fraction of sp³-hybridized carbons (Fsp3) is 0.300. The van der Waals surface area contributed by atoms with Crippen molar-refractivity contribution in [2.45, 2.75) is 26.2 Å². The molecule has 2 aromatic carbocycles. The van der Waals surface area contributed by atoms with Gasteiger partial charge >= 0.3 is 0 Å². The first-order valence-corrected chi connectivity index (χ1v) is 8.33. The van der Waals surface area contributed by atoms with Crippen molar-refractivity contribution in [1.82, 2.24) is 0 Å². The lowest BCUT2D eigenvalue weighted by Crippen LogP contribution is -2.33. The Bertz CT molecular complexity index is 723. The van der Waals surface area contributed by atoms with Gasteiger partial charge in [-0.05, 0) is 42.2 Å². The summed E-state index contributed by atoms with van der Waals surface area (Å²) < 4.78 is 0. The molecule has 0 aromatic heterocycles. The molecule has 4 heteroatoms. The number of amides is 2. The Morgan fingerprint density at radius 2 is 1.75 bits per heavy atom. The summed E-state index contributed by atoms with van der Waals surface area (Å²) >= 11 is 0. The smallest absolute Gasteiger partial charge is 0.239 e. The van der Waals surface area contributed by atoms with Crippen LogP contribution in [0.2, 0.25) is 0 Å². The molecule has 1 aliphatic rings. The normalized spacial score (nSPS) is 17.4. The molecule has 0 aliphatic carbocycles. The fourth-order valence-corrected chi connectivity index (χ4v) is 2.97. The zero-order valence-corrected chi connectivity index (χ0v) is 14.0. The maximum Gasteiger partial charge on any atom is 0.239 e. The van der Waals surface area contributed by atoms with Crippen LogP contribution in [-0.2, 0) is 9.59 Å². The summed E-state index contributed by atoms with van der Waals surface area (Å²) in [6.45, 7) is 4.85. The van der Waals surface area contributed by atoms with Gasteiger partial charge in [0.2, 0.25) is 11.8 Å². The molecule has 24 heavy (non-hydrogen) atoms. The van der Waals surface area contributed by atoms with E-state index in [0.717, 1.165) is 11.4 Å². The molecule has 1 heterocycles. The van der Waals surface area contributed by atoms with Gasteiger partial charge < -0.3 is 10.2 Å². The lowest BCUT2D eigenvalue weighted by atomic mass is 10.0. The van der Waals surface area contributed by atoms with Gasteiger partial charge in [-0.1, -0.05) is 44.2 Å². The number of carbonyl (C=O) groups is 2. The Morgan fingerprint density at radius 1 is 1.08 bits per heavy atom. The van der Waals surface area contributed by atoms with Gasteiger partial charge in [0.1, 0.15) is 5.92 Å². The molecule has 1 aliphatic heterocycles. The fourth-order valence-electron chi connectivity index (χ4n) is 2.97. The van der Waals surface area contributed by atoms with Gasteiger partial charge in [-0.2, -0.15) is 0 Å². The van der Waals surface area contributed by atoms with E-state index in [4.69, 9.17) is 0 Å². The molecule has 2 amide bonds. The van der Waals surface area contributed by atoms with E-state index in [9.17, 15) is 9.59 Å². The van der Waals surface area contributed by atoms with Crippen LogP contribution in [0.25, 0.3) is 0 Å². The van der Waals surface area contributed by atoms with Crippen molar-refractivity contribution in [3.8, 4) is 0 Å². The summed E-state index contributed by atoms with van der Waals surface area (Å²) in [5, 5.41) is 2.82. The molecule has 0 spiro atoms. The van der Waals surface area contributed by atoms with Crippen molar-refractivity contribution < 1.29 is 9.59 Å². The minimum Gasteiger partial charge on any atom is -0.325 e. The SMILES string of the molecule is CC(C)c1ccc(N2CCC(C(=O)Nc3ccccc3)C2=O)cc1. The van der Waals surface area contributed by atoms with Crippen LogP contribution in [0, 0.1) is 5.92 Å². The van der Waals surface area contributed by atoms with Crippen LogP contribution in [-0.4, -0.2) is 18.4 Å². The number of para-hydroxylation sites is 1. The standard InChI is InChI=1S/C20H22N2O2/c1-14(2)15-8-10-17(11-9-15)22-13-12-18(20(22)24)19(23)21-16-6-4-3-5-7-16/h3-11,14,18H,12-13H2,1-2H3,(H,21,23). The molecule has 2 aromatic rings. The minimum atomic E-state index is -0.616. The van der Waals surface area contributed by atoms with Gasteiger partial charge in [0.15, 0.2) is 0 Å². The quantitative estimate of drug-likeness (QED) is 0.870. The Morgan fingerprint density at radius 3 is 2.38 bits per heavy atom. The third-order valence-corrected chi connectivity index (χ3v) is 4.43. The van der Waals surface area contributed by atoms with Crippen LogP contribution >= 0.6 is 0 Å². The van der Waals surface area contributed by atoms with Crippen LogP contribution < -0.4 is 10.2 Å². The highest BCUT2D eigenvalue weighted by Gasteiger charge is 2.37. The summed E-state index contributed by atoms with van der Waals surface area (Å²) in [5.74, 6) is -0.513. The predicted molar refractivity (Wildman–Crippen MR) is 96.1 cm³/mol. The first-order valence-electron chi connectivity index (χ1n) is 8.33. The van der Waals surface area contributed by atoms with Crippen molar-refractivity contribution in [3.05, 3.63) is 60.2 Å². The van der Waals surface area contributed by atoms with E-state index >= 15 is 0 Å². The van der Waals surface area contributed by atoms with Crippen LogP contribution in [0.1, 0.15) is 31.7 Å². The highest BCUT2D eigenvalue weighted by molar-refractivity contribution is 6.13. The lowest BCUT2D eigenvalue weighted by Gasteiger charge is -2.18. The topological polar surface area (TPSA) is 49.4 Å². The lowest BCUT2D eigenvalue weighted by molar-refractivity contribution is -0.129. The van der Waals surface area contributed by atoms with Gasteiger partial charge in [-0.3, -0.25) is 9.59 Å². The van der Waals surface area contributed by atoms with Crippen molar-refractivity contribution in [1.29, 1.82) is 0 Å². The number of rotatable bonds is 4. The molecular formula is C20H22N2O2. The van der Waals surface area contributed by atoms with Crippen molar-refractivity contribution in [3.63, 3.8) is 0 Å². The minimum absolute atomic E-state index is 0.124. The number of nitrogens with one attached hydrogen (secondary N) is 1. The maximum atomic E-state index is 12.6. The number of hydrogen-bond donors (Lipinski definition) is 1. The van der Waals surface area contributed by atoms with Crippen LogP contribution in [0.4, 0.5) is 11.4 Å². The average Bonchev–Trinajstić information content (AvgIpc) is 2.97. The summed E-state index contributed by atoms with van der Waals surface area (Å²) in [5.41, 5.74) is 2.82.